The van der Waals surface area contributed by atoms with Gasteiger partial charge in [0.1, 0.15) is 6.10 Å². The van der Waals surface area contributed by atoms with Crippen molar-refractivity contribution in [3.63, 3.8) is 0 Å². The quantitative estimate of drug-likeness (QED) is 0.480. The van der Waals surface area contributed by atoms with Gasteiger partial charge < -0.3 is 9.47 Å². The number of rotatable bonds is 2. The molecule has 0 spiro atoms. The van der Waals surface area contributed by atoms with Gasteiger partial charge in [0, 0.05) is 6.61 Å². The van der Waals surface area contributed by atoms with Gasteiger partial charge in [0.2, 0.25) is 0 Å². The van der Waals surface area contributed by atoms with Crippen molar-refractivity contribution in [1.82, 2.24) is 0 Å². The monoisotopic (exact) mass is 186 g/mol. The highest BCUT2D eigenvalue weighted by Gasteiger charge is 2.50. The van der Waals surface area contributed by atoms with E-state index in [0.29, 0.717) is 6.10 Å². The van der Waals surface area contributed by atoms with E-state index >= 15 is 0 Å². The van der Waals surface area contributed by atoms with Crippen molar-refractivity contribution in [2.45, 2.75) is 43.7 Å². The first-order valence-electron chi connectivity index (χ1n) is 5.01. The number of hydrogen-bond donors (Lipinski definition) is 0. The van der Waals surface area contributed by atoms with Crippen LogP contribution in [0.25, 0.3) is 0 Å². The molecule has 70 valence electrons. The fraction of sp³-hybridized carbons (Fsp3) is 1.00. The molecule has 2 saturated heterocycles. The average Bonchev–Trinajstić information content (AvgIpc) is 2.88. The summed E-state index contributed by atoms with van der Waals surface area (Å²) in [7, 11) is -0.730. The number of ether oxygens (including phenoxy) is 2. The molecule has 0 saturated carbocycles. The lowest BCUT2D eigenvalue weighted by atomic mass is 10.1. The summed E-state index contributed by atoms with van der Waals surface area (Å²) in [6.45, 7) is 6.68. The minimum absolute atomic E-state index is 0.207. The van der Waals surface area contributed by atoms with Crippen LogP contribution >= 0.6 is 0 Å². The largest absolute Gasteiger partial charge is 0.376 e. The van der Waals surface area contributed by atoms with Gasteiger partial charge in [-0.2, -0.15) is 0 Å². The van der Waals surface area contributed by atoms with E-state index in [0.717, 1.165) is 13.2 Å². The summed E-state index contributed by atoms with van der Waals surface area (Å²) in [6.07, 6.45) is 4.30. The lowest BCUT2D eigenvalue weighted by Crippen LogP contribution is -2.52. The van der Waals surface area contributed by atoms with E-state index in [4.69, 9.17) is 9.47 Å². The Morgan fingerprint density at radius 2 is 2.08 bits per heavy atom. The maximum Gasteiger partial charge on any atom is 0.106 e. The Morgan fingerprint density at radius 1 is 1.33 bits per heavy atom. The molecule has 0 aromatic carbocycles. The maximum atomic E-state index is 5.99. The normalized spacial score (nSPS) is 41.8. The van der Waals surface area contributed by atoms with E-state index in [1.165, 1.54) is 19.3 Å². The minimum atomic E-state index is -0.730. The van der Waals surface area contributed by atoms with E-state index in [-0.39, 0.29) is 5.22 Å². The molecule has 2 unspecified atom stereocenters. The fourth-order valence-corrected chi connectivity index (χ4v) is 4.42. The first kappa shape index (κ1) is 8.72. The Hall–Kier alpha value is 0.137. The van der Waals surface area contributed by atoms with Crippen molar-refractivity contribution in [2.75, 3.05) is 13.2 Å². The molecule has 0 amide bonds. The van der Waals surface area contributed by atoms with Crippen LogP contribution in [-0.2, 0) is 9.47 Å². The highest BCUT2D eigenvalue weighted by atomic mass is 28.3. The van der Waals surface area contributed by atoms with Crippen LogP contribution in [0.1, 0.15) is 19.3 Å². The second kappa shape index (κ2) is 3.12. The third-order valence-electron chi connectivity index (χ3n) is 3.19. The lowest BCUT2D eigenvalue weighted by molar-refractivity contribution is -0.0391. The molecule has 0 N–H and O–H groups in total. The smallest absolute Gasteiger partial charge is 0.106 e. The Balaban J connectivity index is 2.08. The molecule has 2 rings (SSSR count). The van der Waals surface area contributed by atoms with E-state index in [9.17, 15) is 0 Å². The van der Waals surface area contributed by atoms with Crippen molar-refractivity contribution in [3.8, 4) is 0 Å². The first-order chi connectivity index (χ1) is 5.76. The topological polar surface area (TPSA) is 21.8 Å². The van der Waals surface area contributed by atoms with Gasteiger partial charge in [-0.3, -0.25) is 0 Å². The summed E-state index contributed by atoms with van der Waals surface area (Å²) in [5.74, 6) is 0. The lowest BCUT2D eigenvalue weighted by Gasteiger charge is -2.39. The molecule has 0 aliphatic carbocycles. The van der Waals surface area contributed by atoms with Gasteiger partial charge in [-0.15, -0.1) is 0 Å². The second-order valence-electron chi connectivity index (χ2n) is 4.24. The van der Waals surface area contributed by atoms with Gasteiger partial charge in [0.05, 0.1) is 20.6 Å². The molecule has 2 aliphatic rings. The van der Waals surface area contributed by atoms with Crippen molar-refractivity contribution >= 4 is 8.80 Å². The summed E-state index contributed by atoms with van der Waals surface area (Å²) in [4.78, 5) is 0. The predicted octanol–water partition coefficient (Wildman–Crippen LogP) is 1.35. The van der Waals surface area contributed by atoms with Gasteiger partial charge in [0.15, 0.2) is 0 Å². The van der Waals surface area contributed by atoms with Crippen LogP contribution in [0.5, 0.6) is 0 Å². The summed E-state index contributed by atoms with van der Waals surface area (Å²) < 4.78 is 11.4. The van der Waals surface area contributed by atoms with Crippen LogP contribution in [0.3, 0.4) is 0 Å². The van der Waals surface area contributed by atoms with Gasteiger partial charge in [-0.1, -0.05) is 13.1 Å². The van der Waals surface area contributed by atoms with Gasteiger partial charge >= 0.3 is 0 Å². The third kappa shape index (κ3) is 1.34. The second-order valence-corrected chi connectivity index (χ2v) is 7.52. The van der Waals surface area contributed by atoms with Crippen LogP contribution in [0.2, 0.25) is 13.1 Å². The molecule has 12 heavy (non-hydrogen) atoms. The van der Waals surface area contributed by atoms with E-state index in [1.54, 1.807) is 0 Å². The average molecular weight is 186 g/mol. The standard InChI is InChI=1S/C9H18O2Si/c1-12(2)9(8-7-10-8)5-3-4-6-11-9/h8,12H,3-7H2,1-2H3. The minimum Gasteiger partial charge on any atom is -0.376 e. The van der Waals surface area contributed by atoms with Crippen LogP contribution in [0.15, 0.2) is 0 Å². The summed E-state index contributed by atoms with van der Waals surface area (Å²) in [5.41, 5.74) is 0. The van der Waals surface area contributed by atoms with Gasteiger partial charge in [-0.05, 0) is 19.3 Å². The third-order valence-corrected chi connectivity index (χ3v) is 5.97. The van der Waals surface area contributed by atoms with E-state index in [1.807, 2.05) is 0 Å². The van der Waals surface area contributed by atoms with Crippen molar-refractivity contribution < 1.29 is 9.47 Å². The zero-order valence-corrected chi connectivity index (χ0v) is 9.16. The van der Waals surface area contributed by atoms with Crippen LogP contribution in [-0.4, -0.2) is 33.3 Å². The van der Waals surface area contributed by atoms with E-state index < -0.39 is 8.80 Å². The van der Waals surface area contributed by atoms with Crippen molar-refractivity contribution in [1.29, 1.82) is 0 Å². The van der Waals surface area contributed by atoms with E-state index in [2.05, 4.69) is 13.1 Å². The molecule has 2 nitrogen and oxygen atoms in total. The highest BCUT2D eigenvalue weighted by molar-refractivity contribution is 6.59. The van der Waals surface area contributed by atoms with Gasteiger partial charge in [-0.25, -0.2) is 0 Å². The number of hydrogen-bond acceptors (Lipinski definition) is 2. The molecule has 0 radical (unpaired) electrons. The van der Waals surface area contributed by atoms with Gasteiger partial charge in [0.25, 0.3) is 0 Å². The Kier molecular flexibility index (Phi) is 2.27. The Morgan fingerprint density at radius 3 is 2.50 bits per heavy atom. The molecule has 3 heteroatoms. The van der Waals surface area contributed by atoms with Crippen molar-refractivity contribution in [2.24, 2.45) is 0 Å². The van der Waals surface area contributed by atoms with Crippen LogP contribution in [0, 0.1) is 0 Å². The summed E-state index contributed by atoms with van der Waals surface area (Å²) in [5, 5.41) is 0.207. The van der Waals surface area contributed by atoms with Crippen LogP contribution in [0.4, 0.5) is 0 Å². The Labute approximate surface area is 75.9 Å². The summed E-state index contributed by atoms with van der Waals surface area (Å²) >= 11 is 0. The molecule has 2 aliphatic heterocycles. The molecular formula is C9H18O2Si. The SMILES string of the molecule is C[SiH](C)C1(C2CO2)CCCCO1. The molecule has 2 heterocycles. The summed E-state index contributed by atoms with van der Waals surface area (Å²) in [6, 6.07) is 0. The molecule has 0 aromatic rings. The molecule has 2 atom stereocenters. The fourth-order valence-electron chi connectivity index (χ4n) is 2.25. The zero-order valence-electron chi connectivity index (χ0n) is 8.01. The molecular weight excluding hydrogens is 168 g/mol. The molecule has 2 fully saturated rings. The van der Waals surface area contributed by atoms with Crippen molar-refractivity contribution in [3.05, 3.63) is 0 Å². The highest BCUT2D eigenvalue weighted by Crippen LogP contribution is 2.37. The van der Waals surface area contributed by atoms with Crippen LogP contribution < -0.4 is 0 Å². The molecule has 0 aromatic heterocycles. The number of epoxide rings is 1. The molecule has 0 bridgehead atoms. The maximum absolute atomic E-state index is 5.99. The first-order valence-corrected chi connectivity index (χ1v) is 7.90. The predicted molar refractivity (Wildman–Crippen MR) is 51.2 cm³/mol. The Bertz CT molecular complexity index is 156. The zero-order chi connectivity index (χ0) is 8.60.